The van der Waals surface area contributed by atoms with E-state index in [-0.39, 0.29) is 0 Å². The summed E-state index contributed by atoms with van der Waals surface area (Å²) in [5.74, 6) is 0.725. The van der Waals surface area contributed by atoms with Crippen LogP contribution in [0, 0.1) is 26.7 Å². The second kappa shape index (κ2) is 6.28. The minimum atomic E-state index is 0.571. The van der Waals surface area contributed by atoms with E-state index in [2.05, 4.69) is 64.0 Å². The quantitative estimate of drug-likeness (QED) is 0.902. The van der Waals surface area contributed by atoms with E-state index in [1.54, 1.807) is 5.56 Å². The summed E-state index contributed by atoms with van der Waals surface area (Å²) < 4.78 is 0. The Morgan fingerprint density at radius 3 is 2.40 bits per heavy atom. The highest BCUT2D eigenvalue weighted by molar-refractivity contribution is 5.39. The highest BCUT2D eigenvalue weighted by atomic mass is 15.2. The van der Waals surface area contributed by atoms with Gasteiger partial charge in [-0.15, -0.1) is 0 Å². The number of nitrogens with one attached hydrogen (secondary N) is 1. The third-order valence-electron chi connectivity index (χ3n) is 4.89. The van der Waals surface area contributed by atoms with Gasteiger partial charge in [-0.05, 0) is 89.3 Å². The van der Waals surface area contributed by atoms with Crippen LogP contribution in [0.25, 0.3) is 0 Å². The van der Waals surface area contributed by atoms with Crippen molar-refractivity contribution in [2.24, 2.45) is 5.92 Å². The van der Waals surface area contributed by atoms with Crippen LogP contribution in [-0.2, 0) is 0 Å². The first kappa shape index (κ1) is 15.5. The molecular formula is C18H30N2. The van der Waals surface area contributed by atoms with Crippen LogP contribution in [0.15, 0.2) is 12.1 Å². The molecule has 2 unspecified atom stereocenters. The predicted molar refractivity (Wildman–Crippen MR) is 87.3 cm³/mol. The summed E-state index contributed by atoms with van der Waals surface area (Å²) in [6, 6.07) is 5.97. The Labute approximate surface area is 124 Å². The van der Waals surface area contributed by atoms with Gasteiger partial charge in [0.2, 0.25) is 0 Å². The number of hydrogen-bond acceptors (Lipinski definition) is 2. The molecule has 1 fully saturated rings. The second-order valence-corrected chi connectivity index (χ2v) is 6.68. The van der Waals surface area contributed by atoms with Gasteiger partial charge in [-0.3, -0.25) is 4.90 Å². The molecule has 0 aromatic heterocycles. The molecule has 2 rings (SSSR count). The van der Waals surface area contributed by atoms with E-state index in [9.17, 15) is 0 Å². The maximum absolute atomic E-state index is 3.39. The smallest absolute Gasteiger partial charge is 0.0394 e. The van der Waals surface area contributed by atoms with E-state index >= 15 is 0 Å². The fourth-order valence-corrected chi connectivity index (χ4v) is 3.67. The number of benzene rings is 1. The highest BCUT2D eigenvalue weighted by Crippen LogP contribution is 2.40. The molecule has 0 bridgehead atoms. The Morgan fingerprint density at radius 1 is 1.15 bits per heavy atom. The fraction of sp³-hybridized carbons (Fsp3) is 0.667. The molecule has 2 heteroatoms. The van der Waals surface area contributed by atoms with Crippen LogP contribution in [0.5, 0.6) is 0 Å². The Hall–Kier alpha value is -0.860. The Kier molecular flexibility index (Phi) is 4.87. The first-order valence-corrected chi connectivity index (χ1v) is 7.93. The lowest BCUT2D eigenvalue weighted by Crippen LogP contribution is -2.34. The van der Waals surface area contributed by atoms with E-state index in [1.807, 2.05) is 0 Å². The Morgan fingerprint density at radius 2 is 1.80 bits per heavy atom. The number of likely N-dealkylation sites (tertiary alicyclic amines) is 1. The SMILES string of the molecule is CNCC1CCN(C(C)C)C1c1cc(C)c(C)cc1C. The van der Waals surface area contributed by atoms with Gasteiger partial charge in [0, 0.05) is 12.1 Å². The van der Waals surface area contributed by atoms with Gasteiger partial charge in [-0.25, -0.2) is 0 Å². The molecule has 0 aliphatic carbocycles. The van der Waals surface area contributed by atoms with Crippen molar-refractivity contribution in [2.45, 2.75) is 53.1 Å². The van der Waals surface area contributed by atoms with E-state index in [0.29, 0.717) is 12.1 Å². The molecular weight excluding hydrogens is 244 g/mol. The lowest BCUT2D eigenvalue weighted by molar-refractivity contribution is 0.182. The molecule has 112 valence electrons. The largest absolute Gasteiger partial charge is 0.319 e. The number of rotatable bonds is 4. The van der Waals surface area contributed by atoms with Crippen LogP contribution in [0.2, 0.25) is 0 Å². The van der Waals surface area contributed by atoms with Gasteiger partial charge in [0.15, 0.2) is 0 Å². The van der Waals surface area contributed by atoms with Crippen molar-refractivity contribution >= 4 is 0 Å². The van der Waals surface area contributed by atoms with Gasteiger partial charge in [0.25, 0.3) is 0 Å². The van der Waals surface area contributed by atoms with Gasteiger partial charge in [0.1, 0.15) is 0 Å². The summed E-state index contributed by atoms with van der Waals surface area (Å²) in [5, 5.41) is 3.39. The minimum absolute atomic E-state index is 0.571. The monoisotopic (exact) mass is 274 g/mol. The molecule has 2 atom stereocenters. The maximum atomic E-state index is 3.39. The first-order chi connectivity index (χ1) is 9.45. The van der Waals surface area contributed by atoms with Crippen molar-refractivity contribution in [1.82, 2.24) is 10.2 Å². The number of nitrogens with zero attached hydrogens (tertiary/aromatic N) is 1. The van der Waals surface area contributed by atoms with Crippen molar-refractivity contribution in [1.29, 1.82) is 0 Å². The van der Waals surface area contributed by atoms with Crippen molar-refractivity contribution in [2.75, 3.05) is 20.1 Å². The molecule has 1 aliphatic heterocycles. The summed E-state index contributed by atoms with van der Waals surface area (Å²) in [6.07, 6.45) is 1.30. The molecule has 0 saturated carbocycles. The zero-order valence-electron chi connectivity index (χ0n) is 14.0. The van der Waals surface area contributed by atoms with Gasteiger partial charge in [-0.2, -0.15) is 0 Å². The topological polar surface area (TPSA) is 15.3 Å². The molecule has 2 nitrogen and oxygen atoms in total. The molecule has 1 saturated heterocycles. The fourth-order valence-electron chi connectivity index (χ4n) is 3.67. The van der Waals surface area contributed by atoms with Crippen molar-refractivity contribution in [3.8, 4) is 0 Å². The van der Waals surface area contributed by atoms with Crippen LogP contribution < -0.4 is 5.32 Å². The van der Waals surface area contributed by atoms with E-state index in [4.69, 9.17) is 0 Å². The molecule has 20 heavy (non-hydrogen) atoms. The average Bonchev–Trinajstić information content (AvgIpc) is 2.78. The number of hydrogen-bond donors (Lipinski definition) is 1. The van der Waals surface area contributed by atoms with Gasteiger partial charge in [0.05, 0.1) is 0 Å². The van der Waals surface area contributed by atoms with Crippen LogP contribution in [0.4, 0.5) is 0 Å². The molecule has 1 aliphatic rings. The standard InChI is InChI=1S/C18H30N2/c1-12(2)20-8-7-16(11-19-6)18(20)17-10-14(4)13(3)9-15(17)5/h9-10,12,16,18-19H,7-8,11H2,1-6H3. The molecule has 1 heterocycles. The minimum Gasteiger partial charge on any atom is -0.319 e. The summed E-state index contributed by atoms with van der Waals surface area (Å²) >= 11 is 0. The van der Waals surface area contributed by atoms with Crippen molar-refractivity contribution in [3.63, 3.8) is 0 Å². The van der Waals surface area contributed by atoms with Gasteiger partial charge < -0.3 is 5.32 Å². The summed E-state index contributed by atoms with van der Waals surface area (Å²) in [5.41, 5.74) is 5.82. The lowest BCUT2D eigenvalue weighted by Gasteiger charge is -2.33. The molecule has 0 radical (unpaired) electrons. The van der Waals surface area contributed by atoms with Crippen LogP contribution in [0.3, 0.4) is 0 Å². The Balaban J connectivity index is 2.41. The molecule has 1 aromatic carbocycles. The molecule has 1 N–H and O–H groups in total. The third-order valence-corrected chi connectivity index (χ3v) is 4.89. The zero-order chi connectivity index (χ0) is 14.9. The molecule has 1 aromatic rings. The average molecular weight is 274 g/mol. The zero-order valence-corrected chi connectivity index (χ0v) is 14.0. The third kappa shape index (κ3) is 2.91. The van der Waals surface area contributed by atoms with Gasteiger partial charge in [-0.1, -0.05) is 12.1 Å². The van der Waals surface area contributed by atoms with E-state index in [0.717, 1.165) is 12.5 Å². The molecule has 0 amide bonds. The predicted octanol–water partition coefficient (Wildman–Crippen LogP) is 3.60. The van der Waals surface area contributed by atoms with Crippen molar-refractivity contribution < 1.29 is 0 Å². The molecule has 0 spiro atoms. The first-order valence-electron chi connectivity index (χ1n) is 7.93. The summed E-state index contributed by atoms with van der Waals surface area (Å²) in [6.45, 7) is 13.7. The van der Waals surface area contributed by atoms with Crippen LogP contribution >= 0.6 is 0 Å². The summed E-state index contributed by atoms with van der Waals surface area (Å²) in [7, 11) is 2.07. The second-order valence-electron chi connectivity index (χ2n) is 6.68. The van der Waals surface area contributed by atoms with Crippen LogP contribution in [0.1, 0.15) is 48.6 Å². The lowest BCUT2D eigenvalue weighted by atomic mass is 9.88. The number of aryl methyl sites for hydroxylation is 3. The van der Waals surface area contributed by atoms with Crippen LogP contribution in [-0.4, -0.2) is 31.1 Å². The highest BCUT2D eigenvalue weighted by Gasteiger charge is 2.36. The van der Waals surface area contributed by atoms with Crippen molar-refractivity contribution in [3.05, 3.63) is 34.4 Å². The summed E-state index contributed by atoms with van der Waals surface area (Å²) in [4.78, 5) is 2.68. The maximum Gasteiger partial charge on any atom is 0.0394 e. The van der Waals surface area contributed by atoms with Gasteiger partial charge >= 0.3 is 0 Å². The normalized spacial score (nSPS) is 23.8. The van der Waals surface area contributed by atoms with E-state index < -0.39 is 0 Å². The Bertz CT molecular complexity index is 465. The van der Waals surface area contributed by atoms with E-state index in [1.165, 1.54) is 29.7 Å².